The van der Waals surface area contributed by atoms with Crippen LogP contribution in [0.5, 0.6) is 0 Å². The van der Waals surface area contributed by atoms with Gasteiger partial charge in [-0.15, -0.1) is 4.40 Å². The largest absolute Gasteiger partial charge is 0.349 e. The van der Waals surface area contributed by atoms with Crippen LogP contribution in [0.4, 0.5) is 0 Å². The molecule has 1 amide bonds. The van der Waals surface area contributed by atoms with E-state index >= 15 is 0 Å². The number of amidine groups is 1. The van der Waals surface area contributed by atoms with Crippen molar-refractivity contribution in [1.29, 1.82) is 0 Å². The molecule has 0 saturated carbocycles. The maximum absolute atomic E-state index is 12.7. The van der Waals surface area contributed by atoms with E-state index in [4.69, 9.17) is 0 Å². The highest BCUT2D eigenvalue weighted by molar-refractivity contribution is 7.90. The molecule has 1 N–H and O–H groups in total. The van der Waals surface area contributed by atoms with Crippen molar-refractivity contribution in [2.45, 2.75) is 24.2 Å². The van der Waals surface area contributed by atoms with E-state index < -0.39 is 10.0 Å². The molecule has 3 aliphatic rings. The molecule has 0 aromatic heterocycles. The number of hydrogen-bond acceptors (Lipinski definition) is 5. The van der Waals surface area contributed by atoms with Crippen molar-refractivity contribution in [3.05, 3.63) is 29.8 Å². The second-order valence-corrected chi connectivity index (χ2v) is 9.12. The quantitative estimate of drug-likeness (QED) is 0.820. The Morgan fingerprint density at radius 3 is 2.69 bits per heavy atom. The van der Waals surface area contributed by atoms with Gasteiger partial charge in [0, 0.05) is 32.2 Å². The number of carbonyl (C=O) groups is 1. The van der Waals surface area contributed by atoms with Crippen LogP contribution >= 0.6 is 0 Å². The number of carbonyl (C=O) groups excluding carboxylic acids is 1. The van der Waals surface area contributed by atoms with Crippen LogP contribution < -0.4 is 5.32 Å². The zero-order valence-electron chi connectivity index (χ0n) is 14.9. The van der Waals surface area contributed by atoms with E-state index in [1.165, 1.54) is 6.42 Å². The summed E-state index contributed by atoms with van der Waals surface area (Å²) in [6, 6.07) is 6.75. The lowest BCUT2D eigenvalue weighted by atomic mass is 9.78. The summed E-state index contributed by atoms with van der Waals surface area (Å²) in [4.78, 5) is 16.5. The molecule has 0 atom stereocenters. The molecule has 0 radical (unpaired) electrons. The first-order valence-corrected chi connectivity index (χ1v) is 10.5. The van der Waals surface area contributed by atoms with Gasteiger partial charge >= 0.3 is 0 Å². The van der Waals surface area contributed by atoms with Crippen molar-refractivity contribution in [2.24, 2.45) is 9.81 Å². The second kappa shape index (κ2) is 6.35. The first-order valence-electron chi connectivity index (χ1n) is 9.04. The van der Waals surface area contributed by atoms with Crippen LogP contribution in [0, 0.1) is 5.41 Å². The molecule has 0 aliphatic carbocycles. The molecule has 2 fully saturated rings. The van der Waals surface area contributed by atoms with Crippen molar-refractivity contribution >= 4 is 21.8 Å². The Kier molecular flexibility index (Phi) is 4.27. The lowest BCUT2D eigenvalue weighted by Crippen LogP contribution is -2.47. The smallest absolute Gasteiger partial charge is 0.285 e. The average Bonchev–Trinajstić information content (AvgIpc) is 3.18. The highest BCUT2D eigenvalue weighted by Crippen LogP contribution is 2.37. The standard InChI is InChI=1S/C18H24N4O3S/c1-21(17-14-4-2-3-5-15(14)26(24,25)20-17)12-16(23)22-10-7-18(8-11-22)6-9-19-13-18/h2-5,19H,6-13H2,1H3. The molecule has 2 saturated heterocycles. The zero-order chi connectivity index (χ0) is 18.4. The molecule has 140 valence electrons. The van der Waals surface area contributed by atoms with Gasteiger partial charge in [0.05, 0.1) is 6.54 Å². The highest BCUT2D eigenvalue weighted by atomic mass is 32.2. The van der Waals surface area contributed by atoms with Crippen LogP contribution in [0.25, 0.3) is 0 Å². The van der Waals surface area contributed by atoms with Crippen molar-refractivity contribution in [3.63, 3.8) is 0 Å². The summed E-state index contributed by atoms with van der Waals surface area (Å²) in [5.41, 5.74) is 0.933. The number of likely N-dealkylation sites (tertiary alicyclic amines) is 1. The molecule has 3 aliphatic heterocycles. The predicted molar refractivity (Wildman–Crippen MR) is 98.5 cm³/mol. The van der Waals surface area contributed by atoms with Crippen LogP contribution in [0.3, 0.4) is 0 Å². The number of rotatable bonds is 2. The SMILES string of the molecule is CN(CC(=O)N1CCC2(CCNC2)CC1)C1=NS(=O)(=O)c2ccccc21. The predicted octanol–water partition coefficient (Wildman–Crippen LogP) is 0.669. The molecule has 8 heteroatoms. The Bertz CT molecular complexity index is 849. The number of amides is 1. The number of nitrogens with zero attached hydrogens (tertiary/aromatic N) is 3. The molecule has 1 aromatic carbocycles. The summed E-state index contributed by atoms with van der Waals surface area (Å²) in [5.74, 6) is 0.375. The van der Waals surface area contributed by atoms with Crippen LogP contribution in [0.1, 0.15) is 24.8 Å². The molecular formula is C18H24N4O3S. The summed E-state index contributed by atoms with van der Waals surface area (Å²) >= 11 is 0. The van der Waals surface area contributed by atoms with E-state index in [9.17, 15) is 13.2 Å². The van der Waals surface area contributed by atoms with E-state index in [1.54, 1.807) is 36.2 Å². The number of hydrogen-bond donors (Lipinski definition) is 1. The number of fused-ring (bicyclic) bond motifs is 1. The van der Waals surface area contributed by atoms with Crippen LogP contribution in [-0.2, 0) is 14.8 Å². The fraction of sp³-hybridized carbons (Fsp3) is 0.556. The Labute approximate surface area is 154 Å². The molecule has 4 rings (SSSR count). The third kappa shape index (κ3) is 3.01. The monoisotopic (exact) mass is 376 g/mol. The zero-order valence-corrected chi connectivity index (χ0v) is 15.8. The molecule has 1 spiro atoms. The maximum Gasteiger partial charge on any atom is 0.285 e. The summed E-state index contributed by atoms with van der Waals surface area (Å²) in [6.45, 7) is 3.81. The van der Waals surface area contributed by atoms with Gasteiger partial charge in [-0.25, -0.2) is 0 Å². The summed E-state index contributed by atoms with van der Waals surface area (Å²) in [7, 11) is -1.94. The van der Waals surface area contributed by atoms with E-state index in [0.717, 1.165) is 39.0 Å². The van der Waals surface area contributed by atoms with Gasteiger partial charge in [0.15, 0.2) is 5.84 Å². The van der Waals surface area contributed by atoms with E-state index in [1.807, 2.05) is 4.90 Å². The third-order valence-electron chi connectivity index (χ3n) is 5.86. The van der Waals surface area contributed by atoms with E-state index in [0.29, 0.717) is 16.8 Å². The second-order valence-electron chi connectivity index (χ2n) is 7.55. The number of piperidine rings is 1. The molecule has 0 bridgehead atoms. The van der Waals surface area contributed by atoms with Crippen LogP contribution in [0.15, 0.2) is 33.6 Å². The Balaban J connectivity index is 1.43. The molecule has 0 unspecified atom stereocenters. The summed E-state index contributed by atoms with van der Waals surface area (Å²) in [5, 5.41) is 3.43. The molecule has 7 nitrogen and oxygen atoms in total. The fourth-order valence-corrected chi connectivity index (χ4v) is 5.45. The minimum atomic E-state index is -3.66. The van der Waals surface area contributed by atoms with Crippen molar-refractivity contribution in [2.75, 3.05) is 39.8 Å². The Morgan fingerprint density at radius 2 is 2.00 bits per heavy atom. The van der Waals surface area contributed by atoms with Crippen molar-refractivity contribution in [1.82, 2.24) is 15.1 Å². The minimum absolute atomic E-state index is 0.0257. The lowest BCUT2D eigenvalue weighted by molar-refractivity contribution is -0.133. The summed E-state index contributed by atoms with van der Waals surface area (Å²) in [6.07, 6.45) is 3.27. The van der Waals surface area contributed by atoms with Gasteiger partial charge < -0.3 is 15.1 Å². The normalized spacial score (nSPS) is 23.0. The number of likely N-dealkylation sites (N-methyl/N-ethyl adjacent to an activating group) is 1. The van der Waals surface area contributed by atoms with E-state index in [2.05, 4.69) is 9.71 Å². The minimum Gasteiger partial charge on any atom is -0.349 e. The Morgan fingerprint density at radius 1 is 1.27 bits per heavy atom. The Hall–Kier alpha value is -1.93. The van der Waals surface area contributed by atoms with Gasteiger partial charge in [0.25, 0.3) is 10.0 Å². The molecule has 26 heavy (non-hydrogen) atoms. The number of nitrogens with one attached hydrogen (secondary N) is 1. The van der Waals surface area contributed by atoms with Crippen molar-refractivity contribution < 1.29 is 13.2 Å². The molecular weight excluding hydrogens is 352 g/mol. The van der Waals surface area contributed by atoms with Gasteiger partial charge in [0.1, 0.15) is 4.90 Å². The first-order chi connectivity index (χ1) is 12.4. The van der Waals surface area contributed by atoms with Crippen molar-refractivity contribution in [3.8, 4) is 0 Å². The first kappa shape index (κ1) is 17.5. The summed E-state index contributed by atoms with van der Waals surface area (Å²) < 4.78 is 28.2. The van der Waals surface area contributed by atoms with E-state index in [-0.39, 0.29) is 17.3 Å². The fourth-order valence-electron chi connectivity index (χ4n) is 4.19. The number of benzene rings is 1. The van der Waals surface area contributed by atoms with Gasteiger partial charge in [-0.1, -0.05) is 12.1 Å². The maximum atomic E-state index is 12.7. The van der Waals surface area contributed by atoms with Gasteiger partial charge in [-0.05, 0) is 43.4 Å². The average molecular weight is 376 g/mol. The van der Waals surface area contributed by atoms with Crippen LogP contribution in [0.2, 0.25) is 0 Å². The third-order valence-corrected chi connectivity index (χ3v) is 7.18. The molecule has 3 heterocycles. The van der Waals surface area contributed by atoms with Crippen LogP contribution in [-0.4, -0.2) is 69.7 Å². The lowest BCUT2D eigenvalue weighted by Gasteiger charge is -2.39. The molecule has 1 aromatic rings. The topological polar surface area (TPSA) is 82.1 Å². The van der Waals surface area contributed by atoms with Gasteiger partial charge in [0.2, 0.25) is 5.91 Å². The van der Waals surface area contributed by atoms with Gasteiger partial charge in [-0.3, -0.25) is 4.79 Å². The van der Waals surface area contributed by atoms with Gasteiger partial charge in [-0.2, -0.15) is 8.42 Å². The highest BCUT2D eigenvalue weighted by Gasteiger charge is 2.38. The number of sulfonamides is 1.